The first-order valence-electron chi connectivity index (χ1n) is 10.0. The molecule has 4 heteroatoms. The minimum atomic E-state index is -0.367. The molecule has 144 valence electrons. The largest absolute Gasteiger partial charge is 0.345 e. The molecule has 1 aliphatic carbocycles. The van der Waals surface area contributed by atoms with Gasteiger partial charge in [0.1, 0.15) is 5.82 Å². The van der Waals surface area contributed by atoms with Crippen LogP contribution in [0.15, 0.2) is 42.5 Å². The molecule has 3 nitrogen and oxygen atoms in total. The predicted molar refractivity (Wildman–Crippen MR) is 110 cm³/mol. The molecule has 1 unspecified atom stereocenters. The Balaban J connectivity index is 1.65. The van der Waals surface area contributed by atoms with Crippen LogP contribution in [0.1, 0.15) is 65.0 Å². The van der Waals surface area contributed by atoms with Crippen molar-refractivity contribution in [3.63, 3.8) is 0 Å². The fourth-order valence-electron chi connectivity index (χ4n) is 4.15. The maximum absolute atomic E-state index is 13.8. The van der Waals surface area contributed by atoms with Gasteiger partial charge < -0.3 is 5.32 Å². The van der Waals surface area contributed by atoms with Gasteiger partial charge in [-0.15, -0.1) is 0 Å². The summed E-state index contributed by atoms with van der Waals surface area (Å²) in [6, 6.07) is 12.6. The van der Waals surface area contributed by atoms with E-state index in [1.54, 1.807) is 12.1 Å². The van der Waals surface area contributed by atoms with Crippen molar-refractivity contribution < 1.29 is 9.18 Å². The number of hydrogen-bond acceptors (Lipinski definition) is 2. The van der Waals surface area contributed by atoms with Crippen molar-refractivity contribution in [3.05, 3.63) is 76.2 Å². The van der Waals surface area contributed by atoms with Gasteiger partial charge in [-0.2, -0.15) is 0 Å². The highest BCUT2D eigenvalue weighted by molar-refractivity contribution is 6.06. The van der Waals surface area contributed by atoms with Crippen molar-refractivity contribution in [3.8, 4) is 0 Å². The summed E-state index contributed by atoms with van der Waals surface area (Å²) >= 11 is 0. The molecular formula is C24H25FN2O. The Hall–Kier alpha value is -2.75. The van der Waals surface area contributed by atoms with Crippen molar-refractivity contribution in [2.45, 2.75) is 52.0 Å². The summed E-state index contributed by atoms with van der Waals surface area (Å²) in [5, 5.41) is 3.70. The van der Waals surface area contributed by atoms with Crippen LogP contribution in [-0.2, 0) is 12.8 Å². The maximum Gasteiger partial charge on any atom is 0.252 e. The Kier molecular flexibility index (Phi) is 5.12. The third-order valence-electron chi connectivity index (χ3n) is 5.63. The summed E-state index contributed by atoms with van der Waals surface area (Å²) in [5.41, 5.74) is 5.82. The predicted octanol–water partition coefficient (Wildman–Crippen LogP) is 5.44. The van der Waals surface area contributed by atoms with Gasteiger partial charge in [0.05, 0.1) is 17.1 Å². The highest BCUT2D eigenvalue weighted by atomic mass is 19.1. The second-order valence-corrected chi connectivity index (χ2v) is 7.64. The second kappa shape index (κ2) is 7.70. The zero-order valence-corrected chi connectivity index (χ0v) is 16.4. The van der Waals surface area contributed by atoms with E-state index in [1.165, 1.54) is 36.1 Å². The standard InChI is InChI=1S/C24H25FN2O/c1-3-22(18-9-8-16-6-4-5-7-17(16)13-18)27-24(28)21-12-15(2)26-23-11-10-19(25)14-20(21)23/h8-14,22H,3-7H2,1-2H3,(H,27,28). The average molecular weight is 376 g/mol. The first-order valence-corrected chi connectivity index (χ1v) is 10.0. The van der Waals surface area contributed by atoms with Crippen LogP contribution in [0, 0.1) is 12.7 Å². The number of nitrogens with zero attached hydrogens (tertiary/aromatic N) is 1. The van der Waals surface area contributed by atoms with Crippen molar-refractivity contribution in [2.24, 2.45) is 0 Å². The molecule has 0 fully saturated rings. The fraction of sp³-hybridized carbons (Fsp3) is 0.333. The van der Waals surface area contributed by atoms with Gasteiger partial charge in [0, 0.05) is 11.1 Å². The number of amides is 1. The lowest BCUT2D eigenvalue weighted by atomic mass is 9.88. The zero-order valence-electron chi connectivity index (χ0n) is 16.4. The Morgan fingerprint density at radius 1 is 1.11 bits per heavy atom. The summed E-state index contributed by atoms with van der Waals surface area (Å²) in [6.45, 7) is 3.92. The molecule has 4 rings (SSSR count). The van der Waals surface area contributed by atoms with Crippen molar-refractivity contribution >= 4 is 16.8 Å². The van der Waals surface area contributed by atoms with Crippen LogP contribution in [0.4, 0.5) is 4.39 Å². The lowest BCUT2D eigenvalue weighted by Crippen LogP contribution is -2.28. The normalized spacial score (nSPS) is 14.5. The molecular weight excluding hydrogens is 351 g/mol. The summed E-state index contributed by atoms with van der Waals surface area (Å²) in [6.07, 6.45) is 5.53. The van der Waals surface area contributed by atoms with Crippen molar-refractivity contribution in [1.29, 1.82) is 0 Å². The number of carbonyl (C=O) groups excluding carboxylic acids is 1. The van der Waals surface area contributed by atoms with E-state index in [1.807, 2.05) is 6.92 Å². The van der Waals surface area contributed by atoms with E-state index >= 15 is 0 Å². The van der Waals surface area contributed by atoms with Crippen molar-refractivity contribution in [2.75, 3.05) is 0 Å². The summed E-state index contributed by atoms with van der Waals surface area (Å²) in [4.78, 5) is 17.5. The van der Waals surface area contributed by atoms with Crippen LogP contribution < -0.4 is 5.32 Å². The van der Waals surface area contributed by atoms with Gasteiger partial charge in [0.2, 0.25) is 0 Å². The number of aryl methyl sites for hydroxylation is 3. The Bertz CT molecular complexity index is 1040. The van der Waals surface area contributed by atoms with Gasteiger partial charge in [0.25, 0.3) is 5.91 Å². The van der Waals surface area contributed by atoms with E-state index in [0.717, 1.165) is 30.5 Å². The van der Waals surface area contributed by atoms with Crippen LogP contribution in [-0.4, -0.2) is 10.9 Å². The number of fused-ring (bicyclic) bond motifs is 2. The third kappa shape index (κ3) is 3.64. The van der Waals surface area contributed by atoms with E-state index in [4.69, 9.17) is 0 Å². The topological polar surface area (TPSA) is 42.0 Å². The van der Waals surface area contributed by atoms with Crippen LogP contribution in [0.3, 0.4) is 0 Å². The summed E-state index contributed by atoms with van der Waals surface area (Å²) in [7, 11) is 0. The number of rotatable bonds is 4. The molecule has 0 aliphatic heterocycles. The molecule has 1 heterocycles. The first kappa shape index (κ1) is 18.6. The van der Waals surface area contributed by atoms with Gasteiger partial charge in [-0.1, -0.05) is 25.1 Å². The van der Waals surface area contributed by atoms with E-state index in [2.05, 4.69) is 35.4 Å². The van der Waals surface area contributed by atoms with Crippen LogP contribution in [0.2, 0.25) is 0 Å². The highest BCUT2D eigenvalue weighted by Gasteiger charge is 2.19. The molecule has 0 spiro atoms. The molecule has 0 saturated heterocycles. The highest BCUT2D eigenvalue weighted by Crippen LogP contribution is 2.27. The lowest BCUT2D eigenvalue weighted by Gasteiger charge is -2.22. The molecule has 1 aliphatic rings. The Morgan fingerprint density at radius 2 is 1.89 bits per heavy atom. The van der Waals surface area contributed by atoms with Crippen LogP contribution in [0.5, 0.6) is 0 Å². The van der Waals surface area contributed by atoms with E-state index in [-0.39, 0.29) is 17.8 Å². The molecule has 1 N–H and O–H groups in total. The Morgan fingerprint density at radius 3 is 2.68 bits per heavy atom. The SMILES string of the molecule is CCC(NC(=O)c1cc(C)nc2ccc(F)cc12)c1ccc2c(c1)CCCC2. The molecule has 1 atom stereocenters. The number of carbonyl (C=O) groups is 1. The van der Waals surface area contributed by atoms with E-state index in [0.29, 0.717) is 16.5 Å². The van der Waals surface area contributed by atoms with Crippen LogP contribution in [0.25, 0.3) is 10.9 Å². The fourth-order valence-corrected chi connectivity index (χ4v) is 4.15. The van der Waals surface area contributed by atoms with Gasteiger partial charge in [-0.05, 0) is 80.0 Å². The number of hydrogen-bond donors (Lipinski definition) is 1. The molecule has 2 aromatic carbocycles. The van der Waals surface area contributed by atoms with E-state index in [9.17, 15) is 9.18 Å². The average Bonchev–Trinajstić information content (AvgIpc) is 2.71. The first-order chi connectivity index (χ1) is 13.5. The zero-order chi connectivity index (χ0) is 19.7. The quantitative estimate of drug-likeness (QED) is 0.658. The van der Waals surface area contributed by atoms with Crippen LogP contribution >= 0.6 is 0 Å². The number of nitrogens with one attached hydrogen (secondary N) is 1. The monoisotopic (exact) mass is 376 g/mol. The molecule has 1 aromatic heterocycles. The minimum Gasteiger partial charge on any atom is -0.345 e. The molecule has 0 saturated carbocycles. The number of pyridine rings is 1. The minimum absolute atomic E-state index is 0.0724. The maximum atomic E-state index is 13.8. The Labute approximate surface area is 165 Å². The molecule has 3 aromatic rings. The van der Waals surface area contributed by atoms with Gasteiger partial charge >= 0.3 is 0 Å². The third-order valence-corrected chi connectivity index (χ3v) is 5.63. The van der Waals surface area contributed by atoms with Crippen molar-refractivity contribution in [1.82, 2.24) is 10.3 Å². The molecule has 0 bridgehead atoms. The van der Waals surface area contributed by atoms with Gasteiger partial charge in [0.15, 0.2) is 0 Å². The number of aromatic nitrogens is 1. The smallest absolute Gasteiger partial charge is 0.252 e. The molecule has 0 radical (unpaired) electrons. The van der Waals surface area contributed by atoms with E-state index < -0.39 is 0 Å². The second-order valence-electron chi connectivity index (χ2n) is 7.64. The number of benzene rings is 2. The lowest BCUT2D eigenvalue weighted by molar-refractivity contribution is 0.0937. The number of halogens is 1. The molecule has 1 amide bonds. The molecule has 28 heavy (non-hydrogen) atoms. The van der Waals surface area contributed by atoms with Gasteiger partial charge in [-0.25, -0.2) is 4.39 Å². The summed E-state index contributed by atoms with van der Waals surface area (Å²) < 4.78 is 13.8. The van der Waals surface area contributed by atoms with Gasteiger partial charge in [-0.3, -0.25) is 9.78 Å². The summed E-state index contributed by atoms with van der Waals surface area (Å²) in [5.74, 6) is -0.556.